The molecule has 0 bridgehead atoms. The highest BCUT2D eigenvalue weighted by Gasteiger charge is 2.27. The average Bonchev–Trinajstić information content (AvgIpc) is 3.23. The van der Waals surface area contributed by atoms with Gasteiger partial charge in [0.05, 0.1) is 10.7 Å². The van der Waals surface area contributed by atoms with E-state index < -0.39 is 0 Å². The van der Waals surface area contributed by atoms with Crippen LogP contribution in [0.2, 0.25) is 0 Å². The zero-order valence-corrected chi connectivity index (χ0v) is 17.1. The lowest BCUT2D eigenvalue weighted by atomic mass is 9.98. The van der Waals surface area contributed by atoms with Crippen molar-refractivity contribution >= 4 is 40.8 Å². The summed E-state index contributed by atoms with van der Waals surface area (Å²) >= 11 is 3.07. The first kappa shape index (κ1) is 20.2. The minimum atomic E-state index is -0.372. The first-order valence-corrected chi connectivity index (χ1v) is 11.0. The predicted octanol–water partition coefficient (Wildman–Crippen LogP) is 4.07. The Kier molecular flexibility index (Phi) is 6.95. The number of piperidine rings is 1. The van der Waals surface area contributed by atoms with Crippen LogP contribution in [0, 0.1) is 12.3 Å². The largest absolute Gasteiger partial charge is 0.436 e. The molecular formula is C20H21N3O3S2. The molecule has 28 heavy (non-hydrogen) atoms. The van der Waals surface area contributed by atoms with E-state index >= 15 is 0 Å². The third-order valence-electron chi connectivity index (χ3n) is 4.49. The second-order valence-electron chi connectivity index (χ2n) is 6.25. The first-order valence-electron chi connectivity index (χ1n) is 8.87. The SMILES string of the molecule is C#CCOC(=O)N1CCC(c2nc(C(=O)Nc3ccccc3SC)cs2)CC1. The molecule has 0 spiro atoms. The van der Waals surface area contributed by atoms with Crippen molar-refractivity contribution in [2.45, 2.75) is 23.7 Å². The summed E-state index contributed by atoms with van der Waals surface area (Å²) in [5.41, 5.74) is 1.21. The molecule has 0 saturated carbocycles. The van der Waals surface area contributed by atoms with E-state index in [9.17, 15) is 9.59 Å². The molecule has 8 heteroatoms. The zero-order chi connectivity index (χ0) is 19.9. The Bertz CT molecular complexity index is 883. The highest BCUT2D eigenvalue weighted by molar-refractivity contribution is 7.98. The minimum absolute atomic E-state index is 0.0105. The van der Waals surface area contributed by atoms with Gasteiger partial charge in [0, 0.05) is 29.3 Å². The summed E-state index contributed by atoms with van der Waals surface area (Å²) in [6, 6.07) is 7.68. The highest BCUT2D eigenvalue weighted by atomic mass is 32.2. The lowest BCUT2D eigenvalue weighted by Crippen LogP contribution is -2.38. The summed E-state index contributed by atoms with van der Waals surface area (Å²) in [4.78, 5) is 31.6. The van der Waals surface area contributed by atoms with Gasteiger partial charge >= 0.3 is 6.09 Å². The smallest absolute Gasteiger partial charge is 0.410 e. The number of terminal acetylenes is 1. The molecule has 1 fully saturated rings. The number of nitrogens with one attached hydrogen (secondary N) is 1. The van der Waals surface area contributed by atoms with Gasteiger partial charge in [-0.1, -0.05) is 18.1 Å². The highest BCUT2D eigenvalue weighted by Crippen LogP contribution is 2.31. The Balaban J connectivity index is 1.58. The Hall–Kier alpha value is -2.50. The normalized spacial score (nSPS) is 14.4. The standard InChI is InChI=1S/C20H21N3O3S2/c1-3-12-26-20(25)23-10-8-14(9-11-23)19-22-16(13-28-19)18(24)21-15-6-4-5-7-17(15)27-2/h1,4-7,13-14H,8-12H2,2H3,(H,21,24). The number of anilines is 1. The first-order chi connectivity index (χ1) is 13.6. The molecule has 0 aliphatic carbocycles. The number of amides is 2. The van der Waals surface area contributed by atoms with E-state index in [0.29, 0.717) is 18.8 Å². The number of ether oxygens (including phenoxy) is 1. The number of nitrogens with zero attached hydrogens (tertiary/aromatic N) is 2. The van der Waals surface area contributed by atoms with E-state index in [2.05, 4.69) is 16.2 Å². The molecule has 1 aliphatic rings. The van der Waals surface area contributed by atoms with E-state index in [-0.39, 0.29) is 24.5 Å². The maximum Gasteiger partial charge on any atom is 0.410 e. The van der Waals surface area contributed by atoms with Crippen molar-refractivity contribution in [1.82, 2.24) is 9.88 Å². The van der Waals surface area contributed by atoms with Crippen LogP contribution in [-0.2, 0) is 4.74 Å². The molecule has 0 unspecified atom stereocenters. The number of rotatable bonds is 5. The van der Waals surface area contributed by atoms with Crippen LogP contribution in [0.1, 0.15) is 34.3 Å². The molecule has 0 radical (unpaired) electrons. The lowest BCUT2D eigenvalue weighted by molar-refractivity contribution is 0.102. The number of aromatic nitrogens is 1. The summed E-state index contributed by atoms with van der Waals surface area (Å²) < 4.78 is 4.97. The number of thiazole rings is 1. The monoisotopic (exact) mass is 415 g/mol. The molecule has 0 atom stereocenters. The van der Waals surface area contributed by atoms with Gasteiger partial charge in [-0.15, -0.1) is 29.5 Å². The summed E-state index contributed by atoms with van der Waals surface area (Å²) in [6.45, 7) is 1.18. The maximum absolute atomic E-state index is 12.6. The third-order valence-corrected chi connectivity index (χ3v) is 6.29. The molecule has 1 aromatic heterocycles. The fourth-order valence-corrected chi connectivity index (χ4v) is 4.54. The van der Waals surface area contributed by atoms with Crippen molar-refractivity contribution in [2.24, 2.45) is 0 Å². The van der Waals surface area contributed by atoms with Crippen LogP contribution in [0.4, 0.5) is 10.5 Å². The van der Waals surface area contributed by atoms with E-state index in [4.69, 9.17) is 11.2 Å². The van der Waals surface area contributed by atoms with E-state index in [1.165, 1.54) is 11.3 Å². The van der Waals surface area contributed by atoms with Gasteiger partial charge in [0.15, 0.2) is 6.61 Å². The Morgan fingerprint density at radius 3 is 2.86 bits per heavy atom. The van der Waals surface area contributed by atoms with Gasteiger partial charge in [-0.2, -0.15) is 0 Å². The number of hydrogen-bond donors (Lipinski definition) is 1. The third kappa shape index (κ3) is 4.86. The zero-order valence-electron chi connectivity index (χ0n) is 15.5. The van der Waals surface area contributed by atoms with E-state index in [0.717, 1.165) is 28.4 Å². The van der Waals surface area contributed by atoms with E-state index in [1.807, 2.05) is 30.5 Å². The number of carbonyl (C=O) groups excluding carboxylic acids is 2. The van der Waals surface area contributed by atoms with Crippen molar-refractivity contribution in [3.05, 3.63) is 40.3 Å². The van der Waals surface area contributed by atoms with Gasteiger partial charge in [-0.25, -0.2) is 9.78 Å². The summed E-state index contributed by atoms with van der Waals surface area (Å²) in [7, 11) is 0. The summed E-state index contributed by atoms with van der Waals surface area (Å²) in [5, 5.41) is 5.66. The molecule has 146 valence electrons. The van der Waals surface area contributed by atoms with Gasteiger partial charge in [0.1, 0.15) is 5.69 Å². The molecule has 3 rings (SSSR count). The molecule has 1 aromatic carbocycles. The van der Waals surface area contributed by atoms with Crippen LogP contribution in [0.25, 0.3) is 0 Å². The number of likely N-dealkylation sites (tertiary alicyclic amines) is 1. The molecular weight excluding hydrogens is 394 g/mol. The number of thioether (sulfide) groups is 1. The maximum atomic E-state index is 12.6. The minimum Gasteiger partial charge on any atom is -0.436 e. The summed E-state index contributed by atoms with van der Waals surface area (Å²) in [5.74, 6) is 2.32. The van der Waals surface area contributed by atoms with Gasteiger partial charge in [-0.05, 0) is 31.2 Å². The molecule has 2 heterocycles. The summed E-state index contributed by atoms with van der Waals surface area (Å²) in [6.07, 6.45) is 8.28. The lowest BCUT2D eigenvalue weighted by Gasteiger charge is -2.30. The molecule has 1 N–H and O–H groups in total. The van der Waals surface area contributed by atoms with Crippen LogP contribution in [0.15, 0.2) is 34.5 Å². The number of para-hydroxylation sites is 1. The van der Waals surface area contributed by atoms with Crippen molar-refractivity contribution < 1.29 is 14.3 Å². The van der Waals surface area contributed by atoms with Crippen molar-refractivity contribution in [2.75, 3.05) is 31.3 Å². The number of benzene rings is 1. The fraction of sp³-hybridized carbons (Fsp3) is 0.350. The Morgan fingerprint density at radius 1 is 1.39 bits per heavy atom. The molecule has 6 nitrogen and oxygen atoms in total. The van der Waals surface area contributed by atoms with Crippen LogP contribution >= 0.6 is 23.1 Å². The van der Waals surface area contributed by atoms with Crippen LogP contribution < -0.4 is 5.32 Å². The average molecular weight is 416 g/mol. The van der Waals surface area contributed by atoms with Gasteiger partial charge in [-0.3, -0.25) is 4.79 Å². The topological polar surface area (TPSA) is 71.5 Å². The molecule has 2 aromatic rings. The predicted molar refractivity (Wildman–Crippen MR) is 112 cm³/mol. The van der Waals surface area contributed by atoms with Crippen molar-refractivity contribution in [3.63, 3.8) is 0 Å². The second kappa shape index (κ2) is 9.62. The van der Waals surface area contributed by atoms with Gasteiger partial charge in [0.25, 0.3) is 5.91 Å². The number of hydrogen-bond acceptors (Lipinski definition) is 6. The fourth-order valence-electron chi connectivity index (χ4n) is 3.02. The van der Waals surface area contributed by atoms with E-state index in [1.54, 1.807) is 22.0 Å². The van der Waals surface area contributed by atoms with Gasteiger partial charge in [0.2, 0.25) is 0 Å². The van der Waals surface area contributed by atoms with Crippen LogP contribution in [0.5, 0.6) is 0 Å². The molecule has 2 amide bonds. The Morgan fingerprint density at radius 2 is 2.14 bits per heavy atom. The van der Waals surface area contributed by atoms with Gasteiger partial charge < -0.3 is 15.0 Å². The number of carbonyl (C=O) groups is 2. The second-order valence-corrected chi connectivity index (χ2v) is 7.98. The molecule has 1 saturated heterocycles. The quantitative estimate of drug-likeness (QED) is 0.589. The van der Waals surface area contributed by atoms with Crippen molar-refractivity contribution in [3.8, 4) is 12.3 Å². The van der Waals surface area contributed by atoms with Crippen LogP contribution in [-0.4, -0.2) is 47.8 Å². The van der Waals surface area contributed by atoms with Crippen molar-refractivity contribution in [1.29, 1.82) is 0 Å². The Labute approximate surface area is 172 Å². The molecule has 1 aliphatic heterocycles. The van der Waals surface area contributed by atoms with Crippen LogP contribution in [0.3, 0.4) is 0 Å².